The van der Waals surface area contributed by atoms with Gasteiger partial charge in [-0.2, -0.15) is 0 Å². The van der Waals surface area contributed by atoms with Crippen LogP contribution in [0.25, 0.3) is 0 Å². The maximum Gasteiger partial charge on any atom is 0.408 e. The van der Waals surface area contributed by atoms with Crippen molar-refractivity contribution < 1.29 is 24.2 Å². The summed E-state index contributed by atoms with van der Waals surface area (Å²) < 4.78 is 5.11. The van der Waals surface area contributed by atoms with E-state index in [0.717, 1.165) is 5.56 Å². The predicted octanol–water partition coefficient (Wildman–Crippen LogP) is 2.16. The minimum Gasteiger partial charge on any atom is -0.480 e. The van der Waals surface area contributed by atoms with Crippen LogP contribution in [-0.4, -0.2) is 35.2 Å². The number of benzene rings is 1. The minimum absolute atomic E-state index is 0.0862. The van der Waals surface area contributed by atoms with E-state index in [1.54, 1.807) is 27.7 Å². The van der Waals surface area contributed by atoms with E-state index in [0.29, 0.717) is 0 Å². The Kier molecular flexibility index (Phi) is 7.91. The second-order valence-corrected chi connectivity index (χ2v) is 6.50. The predicted molar refractivity (Wildman–Crippen MR) is 92.8 cm³/mol. The second-order valence-electron chi connectivity index (χ2n) is 6.50. The molecule has 2 atom stereocenters. The number of carbonyl (C=O) groups is 3. The van der Waals surface area contributed by atoms with Gasteiger partial charge in [0.1, 0.15) is 18.7 Å². The van der Waals surface area contributed by atoms with E-state index in [9.17, 15) is 19.5 Å². The van der Waals surface area contributed by atoms with E-state index in [2.05, 4.69) is 10.6 Å². The first-order valence-electron chi connectivity index (χ1n) is 8.22. The van der Waals surface area contributed by atoms with E-state index in [1.165, 1.54) is 0 Å². The summed E-state index contributed by atoms with van der Waals surface area (Å²) in [7, 11) is 0. The topological polar surface area (TPSA) is 105 Å². The van der Waals surface area contributed by atoms with Crippen LogP contribution in [0, 0.1) is 11.8 Å². The number of carboxylic acid groups (broad SMARTS) is 1. The van der Waals surface area contributed by atoms with E-state index < -0.39 is 30.1 Å². The number of amides is 2. The summed E-state index contributed by atoms with van der Waals surface area (Å²) in [6.07, 6.45) is -0.728. The van der Waals surface area contributed by atoms with E-state index in [-0.39, 0.29) is 18.4 Å². The number of aliphatic carboxylic acids is 1. The number of alkyl carbamates (subject to hydrolysis) is 1. The monoisotopic (exact) mass is 350 g/mol. The van der Waals surface area contributed by atoms with Crippen molar-refractivity contribution >= 4 is 18.0 Å². The van der Waals surface area contributed by atoms with Crippen molar-refractivity contribution in [1.29, 1.82) is 0 Å². The molecule has 3 N–H and O–H groups in total. The summed E-state index contributed by atoms with van der Waals surface area (Å²) in [6, 6.07) is 7.26. The zero-order chi connectivity index (χ0) is 19.0. The van der Waals surface area contributed by atoms with Gasteiger partial charge in [-0.25, -0.2) is 9.59 Å². The van der Waals surface area contributed by atoms with Gasteiger partial charge in [0, 0.05) is 0 Å². The molecule has 7 heteroatoms. The van der Waals surface area contributed by atoms with E-state index in [1.807, 2.05) is 30.3 Å². The lowest BCUT2D eigenvalue weighted by molar-refractivity contribution is -0.143. The normalized spacial score (nSPS) is 13.2. The summed E-state index contributed by atoms with van der Waals surface area (Å²) >= 11 is 0. The molecule has 0 aliphatic rings. The largest absolute Gasteiger partial charge is 0.480 e. The molecule has 1 rings (SSSR count). The smallest absolute Gasteiger partial charge is 0.408 e. The molecule has 0 aliphatic heterocycles. The third kappa shape index (κ3) is 6.82. The van der Waals surface area contributed by atoms with Crippen LogP contribution >= 0.6 is 0 Å². The molecule has 0 heterocycles. The number of hydrogen-bond donors (Lipinski definition) is 3. The Morgan fingerprint density at radius 2 is 1.52 bits per heavy atom. The number of ether oxygens (including phenoxy) is 1. The van der Waals surface area contributed by atoms with Gasteiger partial charge in [-0.05, 0) is 17.4 Å². The fourth-order valence-corrected chi connectivity index (χ4v) is 2.18. The molecule has 1 aromatic carbocycles. The van der Waals surface area contributed by atoms with Gasteiger partial charge in [0.15, 0.2) is 0 Å². The van der Waals surface area contributed by atoms with Crippen LogP contribution in [0.3, 0.4) is 0 Å². The molecule has 138 valence electrons. The molecule has 0 aliphatic carbocycles. The average molecular weight is 350 g/mol. The van der Waals surface area contributed by atoms with Gasteiger partial charge in [0.05, 0.1) is 0 Å². The maximum atomic E-state index is 12.4. The molecule has 0 saturated carbocycles. The Morgan fingerprint density at radius 3 is 2.00 bits per heavy atom. The van der Waals surface area contributed by atoms with E-state index >= 15 is 0 Å². The number of hydrogen-bond acceptors (Lipinski definition) is 4. The second kappa shape index (κ2) is 9.66. The van der Waals surface area contributed by atoms with Gasteiger partial charge in [0.25, 0.3) is 0 Å². The first-order valence-corrected chi connectivity index (χ1v) is 8.22. The van der Waals surface area contributed by atoms with Crippen molar-refractivity contribution in [3.05, 3.63) is 35.9 Å². The molecule has 7 nitrogen and oxygen atoms in total. The highest BCUT2D eigenvalue weighted by Crippen LogP contribution is 2.07. The number of carbonyl (C=O) groups excluding carboxylic acids is 2. The summed E-state index contributed by atoms with van der Waals surface area (Å²) in [6.45, 7) is 7.00. The highest BCUT2D eigenvalue weighted by Gasteiger charge is 2.30. The van der Waals surface area contributed by atoms with Crippen LogP contribution in [-0.2, 0) is 20.9 Å². The molecule has 0 aromatic heterocycles. The minimum atomic E-state index is -1.11. The third-order valence-corrected chi connectivity index (χ3v) is 3.67. The van der Waals surface area contributed by atoms with Crippen molar-refractivity contribution in [2.45, 2.75) is 46.4 Å². The maximum absolute atomic E-state index is 12.4. The first-order chi connectivity index (χ1) is 11.7. The van der Waals surface area contributed by atoms with Crippen LogP contribution in [0.5, 0.6) is 0 Å². The Bertz CT molecular complexity index is 586. The molecule has 25 heavy (non-hydrogen) atoms. The van der Waals surface area contributed by atoms with Crippen LogP contribution in [0.2, 0.25) is 0 Å². The van der Waals surface area contributed by atoms with Gasteiger partial charge < -0.3 is 20.5 Å². The van der Waals surface area contributed by atoms with Crippen molar-refractivity contribution in [1.82, 2.24) is 10.6 Å². The van der Waals surface area contributed by atoms with Crippen LogP contribution in [0.4, 0.5) is 4.79 Å². The summed E-state index contributed by atoms with van der Waals surface area (Å²) in [5.41, 5.74) is 0.828. The number of rotatable bonds is 8. The molecule has 0 fully saturated rings. The van der Waals surface area contributed by atoms with E-state index in [4.69, 9.17) is 4.74 Å². The summed E-state index contributed by atoms with van der Waals surface area (Å²) in [5, 5.41) is 14.1. The number of nitrogens with one attached hydrogen (secondary N) is 2. The van der Waals surface area contributed by atoms with Gasteiger partial charge in [-0.3, -0.25) is 4.79 Å². The zero-order valence-corrected chi connectivity index (χ0v) is 15.0. The molecule has 0 radical (unpaired) electrons. The van der Waals surface area contributed by atoms with Crippen LogP contribution in [0.15, 0.2) is 30.3 Å². The lowest BCUT2D eigenvalue weighted by Crippen LogP contribution is -2.55. The molecular weight excluding hydrogens is 324 g/mol. The molecular formula is C18H26N2O5. The van der Waals surface area contributed by atoms with Crippen LogP contribution < -0.4 is 10.6 Å². The standard InChI is InChI=1S/C18H26N2O5/c1-11(2)14(16(21)19-15(12(3)4)17(22)23)20-18(24)25-10-13-8-6-5-7-9-13/h5-9,11-12,14-15H,10H2,1-4H3,(H,19,21)(H,20,24)(H,22,23)/t14-,15+/m1/s1. The van der Waals surface area contributed by atoms with Gasteiger partial charge in [-0.1, -0.05) is 58.0 Å². The zero-order valence-electron chi connectivity index (χ0n) is 15.0. The lowest BCUT2D eigenvalue weighted by Gasteiger charge is -2.25. The Labute approximate surface area is 147 Å². The summed E-state index contributed by atoms with van der Waals surface area (Å²) in [4.78, 5) is 35.6. The quantitative estimate of drug-likeness (QED) is 0.666. The molecule has 2 amide bonds. The Morgan fingerprint density at radius 1 is 0.960 bits per heavy atom. The molecule has 0 spiro atoms. The van der Waals surface area contributed by atoms with Gasteiger partial charge in [-0.15, -0.1) is 0 Å². The van der Waals surface area contributed by atoms with Gasteiger partial charge in [0.2, 0.25) is 5.91 Å². The molecule has 0 saturated heterocycles. The Hall–Kier alpha value is -2.57. The third-order valence-electron chi connectivity index (χ3n) is 3.67. The molecule has 0 unspecified atom stereocenters. The average Bonchev–Trinajstić information content (AvgIpc) is 2.55. The van der Waals surface area contributed by atoms with Crippen molar-refractivity contribution in [2.75, 3.05) is 0 Å². The van der Waals surface area contributed by atoms with Crippen LogP contribution in [0.1, 0.15) is 33.3 Å². The number of carboxylic acids is 1. The summed E-state index contributed by atoms with van der Waals surface area (Å²) in [5.74, 6) is -2.17. The highest BCUT2D eigenvalue weighted by molar-refractivity contribution is 5.89. The molecule has 0 bridgehead atoms. The fourth-order valence-electron chi connectivity index (χ4n) is 2.18. The SMILES string of the molecule is CC(C)[C@H](NC(=O)[C@H](NC(=O)OCc1ccccc1)C(C)C)C(=O)O. The highest BCUT2D eigenvalue weighted by atomic mass is 16.5. The van der Waals surface area contributed by atoms with Crippen molar-refractivity contribution in [2.24, 2.45) is 11.8 Å². The van der Waals surface area contributed by atoms with Crippen molar-refractivity contribution in [3.63, 3.8) is 0 Å². The van der Waals surface area contributed by atoms with Gasteiger partial charge >= 0.3 is 12.1 Å². The fraction of sp³-hybridized carbons (Fsp3) is 0.500. The molecule has 1 aromatic rings. The lowest BCUT2D eigenvalue weighted by atomic mass is 10.0. The first kappa shape index (κ1) is 20.5. The van der Waals surface area contributed by atoms with Crippen molar-refractivity contribution in [3.8, 4) is 0 Å². The Balaban J connectivity index is 2.64.